The molecule has 0 radical (unpaired) electrons. The second kappa shape index (κ2) is 7.96. The van der Waals surface area contributed by atoms with Crippen molar-refractivity contribution in [2.75, 3.05) is 14.2 Å². The molecule has 0 atom stereocenters. The highest BCUT2D eigenvalue weighted by atomic mass is 16.6. The number of nitro benzene ring substituents is 1. The molecule has 126 valence electrons. The molecule has 2 aromatic carbocycles. The van der Waals surface area contributed by atoms with E-state index in [2.05, 4.69) is 0 Å². The van der Waals surface area contributed by atoms with Gasteiger partial charge in [0.15, 0.2) is 0 Å². The van der Waals surface area contributed by atoms with Crippen LogP contribution < -0.4 is 9.47 Å². The Morgan fingerprint density at radius 3 is 2.50 bits per heavy atom. The van der Waals surface area contributed by atoms with Crippen molar-refractivity contribution in [1.82, 2.24) is 0 Å². The summed E-state index contributed by atoms with van der Waals surface area (Å²) in [5, 5.41) is 10.9. The van der Waals surface area contributed by atoms with Crippen LogP contribution in [0.25, 0.3) is 0 Å². The molecule has 0 amide bonds. The lowest BCUT2D eigenvalue weighted by Gasteiger charge is -2.10. The van der Waals surface area contributed by atoms with Gasteiger partial charge in [0.25, 0.3) is 5.69 Å². The maximum atomic E-state index is 12.0. The summed E-state index contributed by atoms with van der Waals surface area (Å²) in [6.07, 6.45) is -0.00615. The van der Waals surface area contributed by atoms with Crippen LogP contribution in [0.1, 0.15) is 11.1 Å². The molecule has 0 heterocycles. The highest BCUT2D eigenvalue weighted by Gasteiger charge is 2.15. The molecule has 0 saturated heterocycles. The number of para-hydroxylation sites is 1. The monoisotopic (exact) mass is 331 g/mol. The van der Waals surface area contributed by atoms with Crippen LogP contribution in [0.15, 0.2) is 42.5 Å². The zero-order valence-corrected chi connectivity index (χ0v) is 13.4. The molecule has 24 heavy (non-hydrogen) atoms. The number of carbonyl (C=O) groups excluding carboxylic acids is 1. The third-order valence-electron chi connectivity index (χ3n) is 3.41. The minimum Gasteiger partial charge on any atom is -0.497 e. The number of ether oxygens (including phenoxy) is 3. The van der Waals surface area contributed by atoms with Crippen LogP contribution in [0.3, 0.4) is 0 Å². The zero-order valence-electron chi connectivity index (χ0n) is 13.4. The number of carbonyl (C=O) groups is 1. The number of esters is 1. The van der Waals surface area contributed by atoms with Gasteiger partial charge in [0.05, 0.1) is 31.1 Å². The van der Waals surface area contributed by atoms with Gasteiger partial charge in [-0.3, -0.25) is 14.9 Å². The molecule has 0 fully saturated rings. The van der Waals surface area contributed by atoms with Crippen LogP contribution >= 0.6 is 0 Å². The summed E-state index contributed by atoms with van der Waals surface area (Å²) in [5.74, 6) is 0.623. The van der Waals surface area contributed by atoms with Crippen molar-refractivity contribution in [3.63, 3.8) is 0 Å². The predicted molar refractivity (Wildman–Crippen MR) is 86.1 cm³/mol. The number of nitrogens with zero attached hydrogens (tertiary/aromatic N) is 1. The molecule has 0 aromatic heterocycles. The van der Waals surface area contributed by atoms with Gasteiger partial charge in [-0.25, -0.2) is 0 Å². The normalized spacial score (nSPS) is 10.1. The number of hydrogen-bond donors (Lipinski definition) is 0. The van der Waals surface area contributed by atoms with Crippen LogP contribution in [0.4, 0.5) is 5.69 Å². The maximum Gasteiger partial charge on any atom is 0.310 e. The Balaban J connectivity index is 2.03. The van der Waals surface area contributed by atoms with Gasteiger partial charge in [-0.05, 0) is 12.1 Å². The van der Waals surface area contributed by atoms with Gasteiger partial charge in [0.1, 0.15) is 18.1 Å². The van der Waals surface area contributed by atoms with Crippen LogP contribution in [0.5, 0.6) is 11.5 Å². The van der Waals surface area contributed by atoms with E-state index < -0.39 is 10.9 Å². The van der Waals surface area contributed by atoms with Gasteiger partial charge >= 0.3 is 5.97 Å². The fourth-order valence-electron chi connectivity index (χ4n) is 2.17. The molecule has 0 bridgehead atoms. The van der Waals surface area contributed by atoms with Crippen LogP contribution in [0, 0.1) is 10.1 Å². The molecular weight excluding hydrogens is 314 g/mol. The lowest BCUT2D eigenvalue weighted by Crippen LogP contribution is -2.10. The largest absolute Gasteiger partial charge is 0.497 e. The molecule has 0 N–H and O–H groups in total. The summed E-state index contributed by atoms with van der Waals surface area (Å²) in [6, 6.07) is 11.2. The quantitative estimate of drug-likeness (QED) is 0.440. The molecule has 2 rings (SSSR count). The van der Waals surface area contributed by atoms with E-state index in [1.165, 1.54) is 20.3 Å². The molecule has 0 saturated carbocycles. The smallest absolute Gasteiger partial charge is 0.310 e. The van der Waals surface area contributed by atoms with E-state index in [1.807, 2.05) is 0 Å². The molecule has 2 aromatic rings. The summed E-state index contributed by atoms with van der Waals surface area (Å²) in [4.78, 5) is 22.4. The van der Waals surface area contributed by atoms with E-state index in [0.717, 1.165) is 0 Å². The summed E-state index contributed by atoms with van der Waals surface area (Å²) >= 11 is 0. The second-order valence-corrected chi connectivity index (χ2v) is 4.90. The number of benzene rings is 2. The first-order valence-electron chi connectivity index (χ1n) is 7.14. The third kappa shape index (κ3) is 4.22. The topological polar surface area (TPSA) is 87.9 Å². The van der Waals surface area contributed by atoms with E-state index in [0.29, 0.717) is 22.6 Å². The van der Waals surface area contributed by atoms with Gasteiger partial charge in [0, 0.05) is 17.7 Å². The van der Waals surface area contributed by atoms with E-state index in [9.17, 15) is 14.9 Å². The lowest BCUT2D eigenvalue weighted by molar-refractivity contribution is -0.385. The van der Waals surface area contributed by atoms with Crippen molar-refractivity contribution in [3.05, 3.63) is 63.7 Å². The summed E-state index contributed by atoms with van der Waals surface area (Å²) < 4.78 is 15.5. The predicted octanol–water partition coefficient (Wildman–Crippen LogP) is 2.90. The fraction of sp³-hybridized carbons (Fsp3) is 0.235. The van der Waals surface area contributed by atoms with Crippen molar-refractivity contribution in [1.29, 1.82) is 0 Å². The first-order chi connectivity index (χ1) is 11.5. The Labute approximate surface area is 138 Å². The lowest BCUT2D eigenvalue weighted by atomic mass is 10.1. The first kappa shape index (κ1) is 17.3. The average molecular weight is 331 g/mol. The van der Waals surface area contributed by atoms with E-state index >= 15 is 0 Å². The Bertz CT molecular complexity index is 744. The van der Waals surface area contributed by atoms with Crippen molar-refractivity contribution in [2.45, 2.75) is 13.0 Å². The van der Waals surface area contributed by atoms with Crippen molar-refractivity contribution >= 4 is 11.7 Å². The zero-order chi connectivity index (χ0) is 17.5. The SMILES string of the molecule is COc1ccc(CC(=O)OCc2ccccc2[N+](=O)[O-])c(OC)c1. The summed E-state index contributed by atoms with van der Waals surface area (Å²) in [7, 11) is 3.03. The number of rotatable bonds is 7. The molecule has 0 aliphatic heterocycles. The molecule has 0 unspecified atom stereocenters. The minimum atomic E-state index is -0.504. The van der Waals surface area contributed by atoms with Gasteiger partial charge in [0.2, 0.25) is 0 Å². The van der Waals surface area contributed by atoms with E-state index in [4.69, 9.17) is 14.2 Å². The third-order valence-corrected chi connectivity index (χ3v) is 3.41. The Kier molecular flexibility index (Phi) is 5.73. The highest BCUT2D eigenvalue weighted by Crippen LogP contribution is 2.25. The van der Waals surface area contributed by atoms with E-state index in [1.54, 1.807) is 36.4 Å². The molecule has 0 aliphatic carbocycles. The first-order valence-corrected chi connectivity index (χ1v) is 7.14. The minimum absolute atomic E-state index is 0.00615. The van der Waals surface area contributed by atoms with Crippen LogP contribution in [-0.2, 0) is 22.6 Å². The summed E-state index contributed by atoms with van der Waals surface area (Å²) in [5.41, 5.74) is 0.913. The van der Waals surface area contributed by atoms with Crippen LogP contribution in [-0.4, -0.2) is 25.1 Å². The van der Waals surface area contributed by atoms with E-state index in [-0.39, 0.29) is 18.7 Å². The molecular formula is C17H17NO6. The van der Waals surface area contributed by atoms with Crippen LogP contribution in [0.2, 0.25) is 0 Å². The number of methoxy groups -OCH3 is 2. The van der Waals surface area contributed by atoms with Crippen molar-refractivity contribution in [3.8, 4) is 11.5 Å². The molecule has 0 aliphatic rings. The summed E-state index contributed by atoms with van der Waals surface area (Å²) in [6.45, 7) is -0.158. The van der Waals surface area contributed by atoms with Gasteiger partial charge in [-0.2, -0.15) is 0 Å². The standard InChI is InChI=1S/C17H17NO6/c1-22-14-8-7-12(16(10-14)23-2)9-17(19)24-11-13-5-3-4-6-15(13)18(20)21/h3-8,10H,9,11H2,1-2H3. The molecule has 7 nitrogen and oxygen atoms in total. The van der Waals surface area contributed by atoms with Gasteiger partial charge in [-0.15, -0.1) is 0 Å². The van der Waals surface area contributed by atoms with Gasteiger partial charge in [-0.1, -0.05) is 18.2 Å². The Hall–Kier alpha value is -3.09. The highest BCUT2D eigenvalue weighted by molar-refractivity contribution is 5.74. The number of hydrogen-bond acceptors (Lipinski definition) is 6. The van der Waals surface area contributed by atoms with Crippen molar-refractivity contribution in [2.24, 2.45) is 0 Å². The molecule has 0 spiro atoms. The van der Waals surface area contributed by atoms with Crippen molar-refractivity contribution < 1.29 is 23.9 Å². The maximum absolute atomic E-state index is 12.0. The Morgan fingerprint density at radius 2 is 1.83 bits per heavy atom. The van der Waals surface area contributed by atoms with Gasteiger partial charge < -0.3 is 14.2 Å². The fourth-order valence-corrected chi connectivity index (χ4v) is 2.17. The number of nitro groups is 1. The Morgan fingerprint density at radius 1 is 1.08 bits per heavy atom. The molecule has 7 heteroatoms. The second-order valence-electron chi connectivity index (χ2n) is 4.90. The average Bonchev–Trinajstić information content (AvgIpc) is 2.60.